The highest BCUT2D eigenvalue weighted by molar-refractivity contribution is 5.73. The first-order chi connectivity index (χ1) is 7.11. The van der Waals surface area contributed by atoms with Gasteiger partial charge in [-0.1, -0.05) is 6.58 Å². The molecule has 5 nitrogen and oxygen atoms in total. The predicted molar refractivity (Wildman–Crippen MR) is 54.6 cm³/mol. The van der Waals surface area contributed by atoms with Crippen molar-refractivity contribution in [1.82, 2.24) is 4.90 Å². The summed E-state index contributed by atoms with van der Waals surface area (Å²) in [5.41, 5.74) is 0. The van der Waals surface area contributed by atoms with Crippen molar-refractivity contribution in [2.24, 2.45) is 0 Å². The molecule has 1 heterocycles. The average Bonchev–Trinajstić information content (AvgIpc) is 2.17. The number of morpholine rings is 1. The molecule has 5 heteroatoms. The fraction of sp³-hybridized carbons (Fsp3) is 0.700. The monoisotopic (exact) mass is 215 g/mol. The van der Waals surface area contributed by atoms with Crippen LogP contribution in [0.2, 0.25) is 0 Å². The Morgan fingerprint density at radius 3 is 3.07 bits per heavy atom. The summed E-state index contributed by atoms with van der Waals surface area (Å²) < 4.78 is 10.3. The van der Waals surface area contributed by atoms with E-state index in [-0.39, 0.29) is 6.61 Å². The molecule has 1 saturated heterocycles. The van der Waals surface area contributed by atoms with Gasteiger partial charge in [-0.25, -0.2) is 0 Å². The van der Waals surface area contributed by atoms with E-state index >= 15 is 0 Å². The van der Waals surface area contributed by atoms with Crippen molar-refractivity contribution in [2.45, 2.75) is 13.0 Å². The molecule has 0 aliphatic carbocycles. The molecule has 0 amide bonds. The number of ether oxygens (including phenoxy) is 2. The fourth-order valence-corrected chi connectivity index (χ4v) is 1.47. The Labute approximate surface area is 89.3 Å². The largest absolute Gasteiger partial charge is 0.498 e. The van der Waals surface area contributed by atoms with Gasteiger partial charge in [0.2, 0.25) is 0 Å². The summed E-state index contributed by atoms with van der Waals surface area (Å²) in [7, 11) is 0. The summed E-state index contributed by atoms with van der Waals surface area (Å²) in [4.78, 5) is 12.7. The van der Waals surface area contributed by atoms with Crippen LogP contribution in [0.5, 0.6) is 0 Å². The highest BCUT2D eigenvalue weighted by atomic mass is 16.5. The smallest absolute Gasteiger partial charge is 0.323 e. The maximum absolute atomic E-state index is 10.9. The van der Waals surface area contributed by atoms with Crippen molar-refractivity contribution in [2.75, 3.05) is 32.9 Å². The molecule has 0 bridgehead atoms. The highest BCUT2D eigenvalue weighted by Gasteiger charge is 2.28. The topological polar surface area (TPSA) is 59.0 Å². The Kier molecular flexibility index (Phi) is 4.58. The molecule has 1 aliphatic rings. The summed E-state index contributed by atoms with van der Waals surface area (Å²) in [5, 5.41) is 8.94. The lowest BCUT2D eigenvalue weighted by atomic mass is 10.2. The van der Waals surface area contributed by atoms with Gasteiger partial charge < -0.3 is 14.6 Å². The molecule has 0 aromatic carbocycles. The molecule has 0 spiro atoms. The molecule has 1 rings (SSSR count). The van der Waals surface area contributed by atoms with Crippen molar-refractivity contribution >= 4 is 5.97 Å². The number of aliphatic carboxylic acids is 1. The van der Waals surface area contributed by atoms with E-state index in [1.807, 2.05) is 4.90 Å². The van der Waals surface area contributed by atoms with E-state index in [9.17, 15) is 4.79 Å². The van der Waals surface area contributed by atoms with E-state index in [1.165, 1.54) is 0 Å². The fourth-order valence-electron chi connectivity index (χ4n) is 1.47. The lowest BCUT2D eigenvalue weighted by Crippen LogP contribution is -2.50. The van der Waals surface area contributed by atoms with Crippen molar-refractivity contribution < 1.29 is 19.4 Å². The molecule has 0 aromatic heterocycles. The number of hydrogen-bond acceptors (Lipinski definition) is 4. The number of carbonyl (C=O) groups is 1. The second-order valence-electron chi connectivity index (χ2n) is 3.52. The van der Waals surface area contributed by atoms with Gasteiger partial charge >= 0.3 is 5.97 Å². The third kappa shape index (κ3) is 3.89. The standard InChI is InChI=1S/C10H17NO4/c1-8(2)15-6-4-11-3-5-14-7-9(11)10(12)13/h9H,1,3-7H2,2H3,(H,12,13)/t9-/m1/s1. The Balaban J connectivity index is 2.36. The van der Waals surface area contributed by atoms with E-state index in [0.29, 0.717) is 32.1 Å². The predicted octanol–water partition coefficient (Wildman–Crippen LogP) is 0.322. The molecule has 1 atom stereocenters. The Morgan fingerprint density at radius 2 is 2.47 bits per heavy atom. The van der Waals surface area contributed by atoms with Gasteiger partial charge in [0.05, 0.1) is 19.0 Å². The van der Waals surface area contributed by atoms with Crippen LogP contribution < -0.4 is 0 Å². The van der Waals surface area contributed by atoms with Gasteiger partial charge in [0.1, 0.15) is 12.6 Å². The van der Waals surface area contributed by atoms with Gasteiger partial charge in [-0.05, 0) is 6.92 Å². The van der Waals surface area contributed by atoms with Crippen LogP contribution in [0.3, 0.4) is 0 Å². The molecule has 1 N–H and O–H groups in total. The Hall–Kier alpha value is -1.07. The van der Waals surface area contributed by atoms with Gasteiger partial charge in [0.15, 0.2) is 0 Å². The zero-order valence-corrected chi connectivity index (χ0v) is 8.94. The number of allylic oxidation sites excluding steroid dienone is 1. The Morgan fingerprint density at radius 1 is 1.73 bits per heavy atom. The zero-order valence-electron chi connectivity index (χ0n) is 8.94. The summed E-state index contributed by atoms with van der Waals surface area (Å²) in [5.74, 6) is -0.194. The van der Waals surface area contributed by atoms with Crippen LogP contribution in [-0.4, -0.2) is 54.9 Å². The number of hydrogen-bond donors (Lipinski definition) is 1. The molecule has 15 heavy (non-hydrogen) atoms. The minimum Gasteiger partial charge on any atom is -0.498 e. The second kappa shape index (κ2) is 5.72. The summed E-state index contributed by atoms with van der Waals surface area (Å²) in [6.07, 6.45) is 0. The summed E-state index contributed by atoms with van der Waals surface area (Å²) in [6, 6.07) is -0.549. The minimum atomic E-state index is -0.843. The summed E-state index contributed by atoms with van der Waals surface area (Å²) >= 11 is 0. The molecule has 0 aromatic rings. The average molecular weight is 215 g/mol. The van der Waals surface area contributed by atoms with Crippen LogP contribution in [0.4, 0.5) is 0 Å². The maximum atomic E-state index is 10.9. The van der Waals surface area contributed by atoms with Crippen molar-refractivity contribution in [3.63, 3.8) is 0 Å². The van der Waals surface area contributed by atoms with Crippen LogP contribution in [0.1, 0.15) is 6.92 Å². The van der Waals surface area contributed by atoms with Gasteiger partial charge in [-0.3, -0.25) is 9.69 Å². The van der Waals surface area contributed by atoms with Gasteiger partial charge in [-0.2, -0.15) is 0 Å². The van der Waals surface area contributed by atoms with Gasteiger partial charge in [0.25, 0.3) is 0 Å². The molecular weight excluding hydrogens is 198 g/mol. The van der Waals surface area contributed by atoms with E-state index in [4.69, 9.17) is 14.6 Å². The lowest BCUT2D eigenvalue weighted by Gasteiger charge is -2.32. The lowest BCUT2D eigenvalue weighted by molar-refractivity contribution is -0.149. The van der Waals surface area contributed by atoms with Gasteiger partial charge in [0, 0.05) is 13.1 Å². The minimum absolute atomic E-state index is 0.252. The van der Waals surface area contributed by atoms with Crippen LogP contribution in [0.15, 0.2) is 12.3 Å². The molecule has 0 unspecified atom stereocenters. The second-order valence-corrected chi connectivity index (χ2v) is 3.52. The van der Waals surface area contributed by atoms with Crippen molar-refractivity contribution in [3.8, 4) is 0 Å². The van der Waals surface area contributed by atoms with Crippen LogP contribution >= 0.6 is 0 Å². The highest BCUT2D eigenvalue weighted by Crippen LogP contribution is 2.07. The third-order valence-electron chi connectivity index (χ3n) is 2.25. The summed E-state index contributed by atoms with van der Waals surface area (Å²) in [6.45, 7) is 7.91. The normalized spacial score (nSPS) is 22.3. The first-order valence-corrected chi connectivity index (χ1v) is 4.94. The molecule has 0 saturated carbocycles. The van der Waals surface area contributed by atoms with E-state index in [2.05, 4.69) is 6.58 Å². The van der Waals surface area contributed by atoms with E-state index in [1.54, 1.807) is 6.92 Å². The zero-order chi connectivity index (χ0) is 11.3. The SMILES string of the molecule is C=C(C)OCCN1CCOC[C@@H]1C(=O)O. The maximum Gasteiger partial charge on any atom is 0.323 e. The van der Waals surface area contributed by atoms with Gasteiger partial charge in [-0.15, -0.1) is 0 Å². The third-order valence-corrected chi connectivity index (χ3v) is 2.25. The van der Waals surface area contributed by atoms with Crippen molar-refractivity contribution in [3.05, 3.63) is 12.3 Å². The Bertz CT molecular complexity index is 242. The van der Waals surface area contributed by atoms with Crippen molar-refractivity contribution in [1.29, 1.82) is 0 Å². The number of nitrogens with zero attached hydrogens (tertiary/aromatic N) is 1. The molecule has 0 radical (unpaired) electrons. The first-order valence-electron chi connectivity index (χ1n) is 4.94. The van der Waals surface area contributed by atoms with Crippen LogP contribution in [0.25, 0.3) is 0 Å². The van der Waals surface area contributed by atoms with E-state index < -0.39 is 12.0 Å². The molecular formula is C10H17NO4. The molecule has 86 valence electrons. The number of carboxylic acids is 1. The first kappa shape index (κ1) is 12.0. The number of rotatable bonds is 5. The quantitative estimate of drug-likeness (QED) is 0.669. The van der Waals surface area contributed by atoms with Crippen LogP contribution in [0, 0.1) is 0 Å². The van der Waals surface area contributed by atoms with E-state index in [0.717, 1.165) is 0 Å². The van der Waals surface area contributed by atoms with Crippen LogP contribution in [-0.2, 0) is 14.3 Å². The molecule has 1 fully saturated rings. The number of carboxylic acid groups (broad SMARTS) is 1. The molecule has 1 aliphatic heterocycles.